The Bertz CT molecular complexity index is 755. The number of nitrogens with zero attached hydrogens (tertiary/aromatic N) is 2. The van der Waals surface area contributed by atoms with Gasteiger partial charge in [0.25, 0.3) is 0 Å². The van der Waals surface area contributed by atoms with Crippen molar-refractivity contribution >= 4 is 12.1 Å². The molecule has 0 fully saturated rings. The van der Waals surface area contributed by atoms with Gasteiger partial charge in [0, 0.05) is 5.69 Å². The van der Waals surface area contributed by atoms with Crippen molar-refractivity contribution in [2.24, 2.45) is 0 Å². The molecule has 1 amide bonds. The van der Waals surface area contributed by atoms with E-state index in [9.17, 15) is 14.7 Å². The number of alkyl carbamates (subject to hydrolysis) is 1. The van der Waals surface area contributed by atoms with E-state index in [1.165, 1.54) is 0 Å². The van der Waals surface area contributed by atoms with Crippen molar-refractivity contribution in [3.8, 4) is 0 Å². The lowest BCUT2D eigenvalue weighted by Crippen LogP contribution is -2.46. The van der Waals surface area contributed by atoms with Crippen LogP contribution in [0.3, 0.4) is 0 Å². The Morgan fingerprint density at radius 3 is 2.40 bits per heavy atom. The van der Waals surface area contributed by atoms with Crippen molar-refractivity contribution in [2.45, 2.75) is 46.4 Å². The Morgan fingerprint density at radius 1 is 1.24 bits per heavy atom. The summed E-state index contributed by atoms with van der Waals surface area (Å²) in [6.45, 7) is 7.45. The second-order valence-electron chi connectivity index (χ2n) is 6.00. The maximum Gasteiger partial charge on any atom is 0.408 e. The first kappa shape index (κ1) is 18.5. The Morgan fingerprint density at radius 2 is 1.88 bits per heavy atom. The summed E-state index contributed by atoms with van der Waals surface area (Å²) in [5, 5.41) is 16.3. The van der Waals surface area contributed by atoms with Crippen molar-refractivity contribution in [1.29, 1.82) is 0 Å². The fraction of sp³-hybridized carbons (Fsp3) is 0.389. The van der Waals surface area contributed by atoms with Crippen LogP contribution in [-0.4, -0.2) is 33.0 Å². The number of hydrogen-bond acceptors (Lipinski definition) is 4. The molecule has 1 aromatic heterocycles. The third kappa shape index (κ3) is 4.37. The number of aliphatic carboxylic acids is 1. The number of aromatic nitrogens is 2. The van der Waals surface area contributed by atoms with Gasteiger partial charge in [-0.1, -0.05) is 30.3 Å². The molecule has 2 atom stereocenters. The molecule has 0 spiro atoms. The maximum atomic E-state index is 12.0. The van der Waals surface area contributed by atoms with Gasteiger partial charge in [0.1, 0.15) is 6.61 Å². The minimum Gasteiger partial charge on any atom is -0.480 e. The van der Waals surface area contributed by atoms with Gasteiger partial charge in [0.05, 0.1) is 11.7 Å². The highest BCUT2D eigenvalue weighted by atomic mass is 16.5. The lowest BCUT2D eigenvalue weighted by Gasteiger charge is -2.23. The molecular formula is C18H23N3O4. The molecule has 25 heavy (non-hydrogen) atoms. The molecule has 0 aliphatic carbocycles. The van der Waals surface area contributed by atoms with Crippen LogP contribution < -0.4 is 5.32 Å². The summed E-state index contributed by atoms with van der Waals surface area (Å²) in [5.74, 6) is -1.14. The summed E-state index contributed by atoms with van der Waals surface area (Å²) < 4.78 is 6.74. The highest BCUT2D eigenvalue weighted by Crippen LogP contribution is 2.19. The molecule has 2 unspecified atom stereocenters. The number of hydrogen-bond donors (Lipinski definition) is 2. The minimum atomic E-state index is -1.15. The molecule has 0 saturated heterocycles. The third-order valence-corrected chi connectivity index (χ3v) is 4.31. The first-order chi connectivity index (χ1) is 11.8. The summed E-state index contributed by atoms with van der Waals surface area (Å²) in [5.41, 5.74) is 3.53. The molecule has 7 nitrogen and oxygen atoms in total. The largest absolute Gasteiger partial charge is 0.480 e. The molecule has 1 heterocycles. The van der Waals surface area contributed by atoms with Crippen LogP contribution in [0, 0.1) is 20.8 Å². The number of aryl methyl sites for hydroxylation is 1. The van der Waals surface area contributed by atoms with Gasteiger partial charge in [-0.25, -0.2) is 9.59 Å². The molecule has 0 saturated carbocycles. The fourth-order valence-corrected chi connectivity index (χ4v) is 2.56. The van der Waals surface area contributed by atoms with Gasteiger partial charge in [-0.05, 0) is 38.8 Å². The number of ether oxygens (including phenoxy) is 1. The summed E-state index contributed by atoms with van der Waals surface area (Å²) >= 11 is 0. The van der Waals surface area contributed by atoms with Gasteiger partial charge in [-0.2, -0.15) is 5.10 Å². The summed E-state index contributed by atoms with van der Waals surface area (Å²) in [6, 6.07) is 7.47. The Balaban J connectivity index is 2.06. The smallest absolute Gasteiger partial charge is 0.408 e. The topological polar surface area (TPSA) is 93.5 Å². The SMILES string of the molecule is Cc1nn(C(C)C(NC(=O)OCc2ccccc2)C(=O)O)c(C)c1C. The zero-order valence-corrected chi connectivity index (χ0v) is 14.8. The predicted octanol–water partition coefficient (Wildman–Crippen LogP) is 2.75. The number of amides is 1. The molecule has 134 valence electrons. The van der Waals surface area contributed by atoms with Gasteiger partial charge in [0.2, 0.25) is 0 Å². The zero-order valence-electron chi connectivity index (χ0n) is 14.8. The van der Waals surface area contributed by atoms with Crippen molar-refractivity contribution in [2.75, 3.05) is 0 Å². The van der Waals surface area contributed by atoms with Crippen LogP contribution in [0.1, 0.15) is 35.5 Å². The van der Waals surface area contributed by atoms with Gasteiger partial charge < -0.3 is 15.2 Å². The summed E-state index contributed by atoms with van der Waals surface area (Å²) in [6.07, 6.45) is -0.777. The molecule has 7 heteroatoms. The monoisotopic (exact) mass is 345 g/mol. The van der Waals surface area contributed by atoms with Crippen LogP contribution in [0.15, 0.2) is 30.3 Å². The van der Waals surface area contributed by atoms with Crippen LogP contribution >= 0.6 is 0 Å². The average Bonchev–Trinajstić information content (AvgIpc) is 2.85. The standard InChI is InChI=1S/C18H23N3O4/c1-11-12(2)20-21(13(11)3)14(4)16(17(22)23)19-18(24)25-10-15-8-6-5-7-9-15/h5-9,14,16H,10H2,1-4H3,(H,19,24)(H,22,23). The van der Waals surface area contributed by atoms with Crippen LogP contribution in [0.4, 0.5) is 4.79 Å². The summed E-state index contributed by atoms with van der Waals surface area (Å²) in [7, 11) is 0. The van der Waals surface area contributed by atoms with E-state index >= 15 is 0 Å². The van der Waals surface area contributed by atoms with Crippen LogP contribution in [0.2, 0.25) is 0 Å². The number of benzene rings is 1. The molecule has 0 aliphatic rings. The van der Waals surface area contributed by atoms with Gasteiger partial charge in [0.15, 0.2) is 6.04 Å². The zero-order chi connectivity index (χ0) is 18.6. The van der Waals surface area contributed by atoms with Crippen LogP contribution in [0.5, 0.6) is 0 Å². The highest BCUT2D eigenvalue weighted by molar-refractivity contribution is 5.80. The molecule has 2 rings (SSSR count). The van der Waals surface area contributed by atoms with E-state index in [-0.39, 0.29) is 6.61 Å². The number of nitrogens with one attached hydrogen (secondary N) is 1. The number of carboxylic acid groups (broad SMARTS) is 1. The van der Waals surface area contributed by atoms with E-state index in [1.54, 1.807) is 11.6 Å². The highest BCUT2D eigenvalue weighted by Gasteiger charge is 2.30. The van der Waals surface area contributed by atoms with Crippen LogP contribution in [0.25, 0.3) is 0 Å². The van der Waals surface area contributed by atoms with Crippen molar-refractivity contribution in [1.82, 2.24) is 15.1 Å². The summed E-state index contributed by atoms with van der Waals surface area (Å²) in [4.78, 5) is 23.6. The molecule has 2 N–H and O–H groups in total. The van der Waals surface area contributed by atoms with Crippen molar-refractivity contribution in [3.05, 3.63) is 52.8 Å². The van der Waals surface area contributed by atoms with E-state index in [0.717, 1.165) is 22.5 Å². The number of carbonyl (C=O) groups excluding carboxylic acids is 1. The Hall–Kier alpha value is -2.83. The van der Waals surface area contributed by atoms with Gasteiger partial charge in [-0.3, -0.25) is 4.68 Å². The molecule has 0 bridgehead atoms. The lowest BCUT2D eigenvalue weighted by molar-refractivity contribution is -0.140. The molecule has 0 aliphatic heterocycles. The second kappa shape index (κ2) is 7.83. The molecule has 0 radical (unpaired) electrons. The fourth-order valence-electron chi connectivity index (χ4n) is 2.56. The molecule has 2 aromatic rings. The minimum absolute atomic E-state index is 0.0758. The predicted molar refractivity (Wildman–Crippen MR) is 92.3 cm³/mol. The third-order valence-electron chi connectivity index (χ3n) is 4.31. The number of carbonyl (C=O) groups is 2. The maximum absolute atomic E-state index is 12.0. The Labute approximate surface area is 146 Å². The quantitative estimate of drug-likeness (QED) is 0.840. The number of rotatable bonds is 6. The van der Waals surface area contributed by atoms with Crippen molar-refractivity contribution in [3.63, 3.8) is 0 Å². The van der Waals surface area contributed by atoms with Crippen LogP contribution in [-0.2, 0) is 16.1 Å². The first-order valence-corrected chi connectivity index (χ1v) is 8.03. The van der Waals surface area contributed by atoms with E-state index in [1.807, 2.05) is 51.1 Å². The average molecular weight is 345 g/mol. The first-order valence-electron chi connectivity index (χ1n) is 8.03. The number of carboxylic acids is 1. The van der Waals surface area contributed by atoms with Gasteiger partial charge >= 0.3 is 12.1 Å². The van der Waals surface area contributed by atoms with E-state index < -0.39 is 24.1 Å². The second-order valence-corrected chi connectivity index (χ2v) is 6.00. The Kier molecular flexibility index (Phi) is 5.80. The van der Waals surface area contributed by atoms with Crippen molar-refractivity contribution < 1.29 is 19.4 Å². The van der Waals surface area contributed by atoms with E-state index in [2.05, 4.69) is 10.4 Å². The molecular weight excluding hydrogens is 322 g/mol. The lowest BCUT2D eigenvalue weighted by atomic mass is 10.1. The molecule has 1 aromatic carbocycles. The van der Waals surface area contributed by atoms with Gasteiger partial charge in [-0.15, -0.1) is 0 Å². The normalized spacial score (nSPS) is 13.1. The van der Waals surface area contributed by atoms with E-state index in [4.69, 9.17) is 4.74 Å². The van der Waals surface area contributed by atoms with E-state index in [0.29, 0.717) is 0 Å².